The minimum Gasteiger partial charge on any atom is -0.467 e. The van der Waals surface area contributed by atoms with E-state index in [4.69, 9.17) is 0 Å². The molecule has 18 heavy (non-hydrogen) atoms. The summed E-state index contributed by atoms with van der Waals surface area (Å²) in [7, 11) is 1.30. The lowest BCUT2D eigenvalue weighted by atomic mass is 10.0. The first-order valence-electron chi connectivity index (χ1n) is 5.45. The van der Waals surface area contributed by atoms with Crippen LogP contribution in [-0.2, 0) is 15.7 Å². The third-order valence-electron chi connectivity index (χ3n) is 3.02. The molecular weight excluding hydrogens is 247 g/mol. The average molecular weight is 259 g/mol. The van der Waals surface area contributed by atoms with E-state index < -0.39 is 11.7 Å². The van der Waals surface area contributed by atoms with Crippen molar-refractivity contribution >= 4 is 11.7 Å². The quantitative estimate of drug-likeness (QED) is 0.764. The lowest BCUT2D eigenvalue weighted by molar-refractivity contribution is -0.143. The number of nitrogens with zero attached hydrogens (tertiary/aromatic N) is 1. The highest BCUT2D eigenvalue weighted by Crippen LogP contribution is 2.32. The van der Waals surface area contributed by atoms with E-state index >= 15 is 0 Å². The maximum absolute atomic E-state index is 12.4. The average Bonchev–Trinajstić information content (AvgIpc) is 2.27. The molecule has 6 heteroatoms. The van der Waals surface area contributed by atoms with Crippen molar-refractivity contribution in [2.75, 3.05) is 18.6 Å². The number of hydrogen-bond donors (Lipinski definition) is 0. The topological polar surface area (TPSA) is 29.5 Å². The summed E-state index contributed by atoms with van der Waals surface area (Å²) in [5.41, 5.74) is -0.0916. The van der Waals surface area contributed by atoms with Gasteiger partial charge in [0.1, 0.15) is 6.04 Å². The molecule has 1 aromatic carbocycles. The van der Waals surface area contributed by atoms with Gasteiger partial charge in [-0.2, -0.15) is 13.2 Å². The van der Waals surface area contributed by atoms with E-state index in [1.807, 2.05) is 0 Å². The molecule has 1 aromatic rings. The third-order valence-corrected chi connectivity index (χ3v) is 3.02. The van der Waals surface area contributed by atoms with Crippen molar-refractivity contribution in [2.45, 2.75) is 18.6 Å². The van der Waals surface area contributed by atoms with Crippen LogP contribution in [-0.4, -0.2) is 25.7 Å². The van der Waals surface area contributed by atoms with E-state index in [0.29, 0.717) is 18.7 Å². The summed E-state index contributed by atoms with van der Waals surface area (Å²) in [5.74, 6) is -0.360. The van der Waals surface area contributed by atoms with Gasteiger partial charge in [-0.3, -0.25) is 0 Å². The van der Waals surface area contributed by atoms with Gasteiger partial charge in [0.15, 0.2) is 0 Å². The molecule has 0 saturated carbocycles. The van der Waals surface area contributed by atoms with E-state index in [-0.39, 0.29) is 12.0 Å². The predicted octanol–water partition coefficient (Wildman–Crippen LogP) is 2.46. The lowest BCUT2D eigenvalue weighted by Crippen LogP contribution is -2.53. The van der Waals surface area contributed by atoms with Crippen molar-refractivity contribution in [3.8, 4) is 0 Å². The lowest BCUT2D eigenvalue weighted by Gasteiger charge is -2.40. The largest absolute Gasteiger partial charge is 0.467 e. The molecule has 98 valence electrons. The van der Waals surface area contributed by atoms with Crippen molar-refractivity contribution in [2.24, 2.45) is 0 Å². The van der Waals surface area contributed by atoms with Crippen LogP contribution in [0, 0.1) is 0 Å². The number of carbonyl (C=O) groups is 1. The molecule has 1 aliphatic rings. The Morgan fingerprint density at radius 2 is 1.94 bits per heavy atom. The van der Waals surface area contributed by atoms with Crippen molar-refractivity contribution < 1.29 is 22.7 Å². The normalized spacial score (nSPS) is 19.3. The molecule has 1 saturated heterocycles. The number of ether oxygens (including phenoxy) is 1. The number of anilines is 1. The number of rotatable bonds is 2. The van der Waals surface area contributed by atoms with Crippen LogP contribution >= 0.6 is 0 Å². The van der Waals surface area contributed by atoms with Crippen LogP contribution in [0.5, 0.6) is 0 Å². The summed E-state index contributed by atoms with van der Waals surface area (Å²) < 4.78 is 41.8. The molecule has 3 nitrogen and oxygen atoms in total. The second-order valence-electron chi connectivity index (χ2n) is 4.07. The summed E-state index contributed by atoms with van der Waals surface area (Å²) in [6, 6.07) is 4.39. The second kappa shape index (κ2) is 4.51. The van der Waals surface area contributed by atoms with Crippen LogP contribution < -0.4 is 4.90 Å². The van der Waals surface area contributed by atoms with Crippen LogP contribution in [0.15, 0.2) is 24.3 Å². The predicted molar refractivity (Wildman–Crippen MR) is 59.2 cm³/mol. The molecule has 2 rings (SSSR count). The summed E-state index contributed by atoms with van der Waals surface area (Å²) in [6.07, 6.45) is -3.68. The van der Waals surface area contributed by atoms with Gasteiger partial charge >= 0.3 is 12.1 Å². The molecular formula is C12H12F3NO2. The van der Waals surface area contributed by atoms with E-state index in [1.165, 1.54) is 19.2 Å². The number of carbonyl (C=O) groups excluding carboxylic acids is 1. The van der Waals surface area contributed by atoms with Crippen molar-refractivity contribution in [3.05, 3.63) is 29.8 Å². The van der Waals surface area contributed by atoms with E-state index in [0.717, 1.165) is 12.1 Å². The highest BCUT2D eigenvalue weighted by molar-refractivity contribution is 5.82. The maximum Gasteiger partial charge on any atom is 0.416 e. The maximum atomic E-state index is 12.4. The molecule has 1 unspecified atom stereocenters. The smallest absolute Gasteiger partial charge is 0.416 e. The Hall–Kier alpha value is -1.72. The molecule has 1 atom stereocenters. The molecule has 0 aliphatic carbocycles. The van der Waals surface area contributed by atoms with Gasteiger partial charge in [-0.15, -0.1) is 0 Å². The van der Waals surface area contributed by atoms with Gasteiger partial charge in [-0.25, -0.2) is 4.79 Å². The van der Waals surface area contributed by atoms with Gasteiger partial charge in [0, 0.05) is 12.2 Å². The molecule has 0 aromatic heterocycles. The highest BCUT2D eigenvalue weighted by Gasteiger charge is 2.36. The molecule has 1 heterocycles. The van der Waals surface area contributed by atoms with E-state index in [1.54, 1.807) is 4.90 Å². The van der Waals surface area contributed by atoms with Crippen LogP contribution in [0.2, 0.25) is 0 Å². The zero-order valence-electron chi connectivity index (χ0n) is 9.70. The molecule has 0 radical (unpaired) electrons. The Labute approximate surface area is 102 Å². The van der Waals surface area contributed by atoms with Gasteiger partial charge in [-0.05, 0) is 30.7 Å². The number of methoxy groups -OCH3 is 1. The highest BCUT2D eigenvalue weighted by atomic mass is 19.4. The first-order chi connectivity index (χ1) is 8.43. The van der Waals surface area contributed by atoms with Crippen LogP contribution in [0.25, 0.3) is 0 Å². The first-order valence-corrected chi connectivity index (χ1v) is 5.45. The minimum absolute atomic E-state index is 0.360. The Bertz CT molecular complexity index is 442. The fourth-order valence-electron chi connectivity index (χ4n) is 1.92. The molecule has 0 N–H and O–H groups in total. The number of alkyl halides is 3. The summed E-state index contributed by atoms with van der Waals surface area (Å²) >= 11 is 0. The standard InChI is InChI=1S/C12H12F3NO2/c1-18-11(17)10-6-7-16(10)9-4-2-8(3-5-9)12(13,14)15/h2-5,10H,6-7H2,1H3. The molecule has 0 amide bonds. The van der Waals surface area contributed by atoms with Crippen molar-refractivity contribution in [1.82, 2.24) is 0 Å². The molecule has 1 fully saturated rings. The van der Waals surface area contributed by atoms with Gasteiger partial charge < -0.3 is 9.64 Å². The van der Waals surface area contributed by atoms with Crippen LogP contribution in [0.3, 0.4) is 0 Å². The summed E-state index contributed by atoms with van der Waals surface area (Å²) in [4.78, 5) is 13.1. The number of benzene rings is 1. The second-order valence-corrected chi connectivity index (χ2v) is 4.07. The van der Waals surface area contributed by atoms with E-state index in [9.17, 15) is 18.0 Å². The number of halogens is 3. The molecule has 0 bridgehead atoms. The molecule has 0 spiro atoms. The van der Waals surface area contributed by atoms with Gasteiger partial charge in [0.2, 0.25) is 0 Å². The number of hydrogen-bond acceptors (Lipinski definition) is 3. The Balaban J connectivity index is 2.13. The third kappa shape index (κ3) is 2.27. The zero-order valence-corrected chi connectivity index (χ0v) is 9.70. The Morgan fingerprint density at radius 1 is 1.33 bits per heavy atom. The number of esters is 1. The fourth-order valence-corrected chi connectivity index (χ4v) is 1.92. The SMILES string of the molecule is COC(=O)C1CCN1c1ccc(C(F)(F)F)cc1. The van der Waals surface area contributed by atoms with Crippen LogP contribution in [0.4, 0.5) is 18.9 Å². The van der Waals surface area contributed by atoms with Crippen molar-refractivity contribution in [1.29, 1.82) is 0 Å². The van der Waals surface area contributed by atoms with Gasteiger partial charge in [0.25, 0.3) is 0 Å². The summed E-state index contributed by atoms with van der Waals surface area (Å²) in [6.45, 7) is 0.644. The Morgan fingerprint density at radius 3 is 2.33 bits per heavy atom. The van der Waals surface area contributed by atoms with Crippen LogP contribution in [0.1, 0.15) is 12.0 Å². The zero-order chi connectivity index (χ0) is 13.3. The van der Waals surface area contributed by atoms with Gasteiger partial charge in [-0.1, -0.05) is 0 Å². The van der Waals surface area contributed by atoms with E-state index in [2.05, 4.69) is 4.74 Å². The summed E-state index contributed by atoms with van der Waals surface area (Å²) in [5, 5.41) is 0. The van der Waals surface area contributed by atoms with Crippen molar-refractivity contribution in [3.63, 3.8) is 0 Å². The molecule has 1 aliphatic heterocycles. The fraction of sp³-hybridized carbons (Fsp3) is 0.417. The first kappa shape index (κ1) is 12.7. The monoisotopic (exact) mass is 259 g/mol. The Kier molecular flexibility index (Phi) is 3.19. The van der Waals surface area contributed by atoms with Gasteiger partial charge in [0.05, 0.1) is 12.7 Å². The minimum atomic E-state index is -4.34.